The van der Waals surface area contributed by atoms with Gasteiger partial charge in [-0.15, -0.1) is 0 Å². The number of aromatic nitrogens is 2. The summed E-state index contributed by atoms with van der Waals surface area (Å²) in [5.41, 5.74) is -0.991. The third kappa shape index (κ3) is 6.25. The molecule has 1 saturated carbocycles. The third-order valence-corrected chi connectivity index (χ3v) is 6.51. The first kappa shape index (κ1) is 27.7. The molecule has 2 amide bonds. The summed E-state index contributed by atoms with van der Waals surface area (Å²) in [6.45, 7) is 3.30. The summed E-state index contributed by atoms with van der Waals surface area (Å²) in [4.78, 5) is 27.6. The molecule has 0 spiro atoms. The summed E-state index contributed by atoms with van der Waals surface area (Å²) in [5, 5.41) is 25.4. The fourth-order valence-corrected chi connectivity index (χ4v) is 4.82. The predicted octanol–water partition coefficient (Wildman–Crippen LogP) is 3.82. The zero-order chi connectivity index (χ0) is 26.5. The average Bonchev–Trinajstić information content (AvgIpc) is 3.59. The van der Waals surface area contributed by atoms with Crippen molar-refractivity contribution in [3.05, 3.63) is 47.2 Å². The number of alkyl halides is 3. The van der Waals surface area contributed by atoms with E-state index in [0.29, 0.717) is 6.42 Å². The van der Waals surface area contributed by atoms with Crippen LogP contribution in [0.25, 0.3) is 0 Å². The number of nitrogens with zero attached hydrogens (tertiary/aromatic N) is 3. The monoisotopic (exact) mass is 510 g/mol. The van der Waals surface area contributed by atoms with Crippen LogP contribution in [-0.4, -0.2) is 55.5 Å². The maximum atomic E-state index is 13.5. The van der Waals surface area contributed by atoms with Gasteiger partial charge in [-0.1, -0.05) is 45.6 Å². The van der Waals surface area contributed by atoms with Gasteiger partial charge in [0.15, 0.2) is 5.82 Å². The molecule has 1 aromatic carbocycles. The van der Waals surface area contributed by atoms with Crippen LogP contribution in [0.2, 0.25) is 0 Å². The number of aliphatic hydroxyl groups excluding tert-OH is 2. The molecule has 0 bridgehead atoms. The molecule has 2 heterocycles. The van der Waals surface area contributed by atoms with Crippen molar-refractivity contribution in [1.82, 2.24) is 14.7 Å². The number of hydrogen-bond acceptors (Lipinski definition) is 5. The lowest BCUT2D eigenvalue weighted by molar-refractivity contribution is -0.138. The zero-order valence-corrected chi connectivity index (χ0v) is 20.5. The van der Waals surface area contributed by atoms with E-state index in [2.05, 4.69) is 10.4 Å². The number of amides is 2. The van der Waals surface area contributed by atoms with Gasteiger partial charge < -0.3 is 20.4 Å². The maximum Gasteiger partial charge on any atom is 0.416 e. The number of nitrogens with one attached hydrogen (secondary N) is 1. The summed E-state index contributed by atoms with van der Waals surface area (Å²) in [6, 6.07) is 4.09. The Morgan fingerprint density at radius 3 is 2.56 bits per heavy atom. The van der Waals surface area contributed by atoms with Crippen LogP contribution in [0.15, 0.2) is 30.5 Å². The van der Waals surface area contributed by atoms with Crippen LogP contribution in [0, 0.1) is 5.92 Å². The Labute approximate surface area is 208 Å². The fraction of sp³-hybridized carbons (Fsp3) is 0.560. The van der Waals surface area contributed by atoms with Crippen molar-refractivity contribution < 1.29 is 33.0 Å². The molecule has 3 N–H and O–H groups in total. The molecule has 11 heteroatoms. The summed E-state index contributed by atoms with van der Waals surface area (Å²) < 4.78 is 42.0. The molecule has 36 heavy (non-hydrogen) atoms. The van der Waals surface area contributed by atoms with E-state index in [-0.39, 0.29) is 36.0 Å². The minimum absolute atomic E-state index is 0.0258. The van der Waals surface area contributed by atoms with Gasteiger partial charge in [-0.2, -0.15) is 18.3 Å². The average molecular weight is 511 g/mol. The molecule has 8 nitrogen and oxygen atoms in total. The van der Waals surface area contributed by atoms with E-state index in [1.54, 1.807) is 0 Å². The first-order valence-corrected chi connectivity index (χ1v) is 12.3. The molecule has 0 radical (unpaired) electrons. The second-order valence-corrected chi connectivity index (χ2v) is 8.91. The Morgan fingerprint density at radius 1 is 1.22 bits per heavy atom. The van der Waals surface area contributed by atoms with Crippen molar-refractivity contribution in [1.29, 1.82) is 0 Å². The second-order valence-electron chi connectivity index (χ2n) is 8.91. The van der Waals surface area contributed by atoms with Gasteiger partial charge in [0.1, 0.15) is 6.04 Å². The summed E-state index contributed by atoms with van der Waals surface area (Å²) in [7, 11) is 0. The molecular weight excluding hydrogens is 477 g/mol. The van der Waals surface area contributed by atoms with Crippen LogP contribution in [-0.2, 0) is 24.1 Å². The Kier molecular flexibility index (Phi) is 9.13. The van der Waals surface area contributed by atoms with E-state index >= 15 is 0 Å². The number of hydrogen-bond donors (Lipinski definition) is 3. The number of benzene rings is 1. The Bertz CT molecular complexity index is 1050. The van der Waals surface area contributed by atoms with Crippen molar-refractivity contribution in [2.75, 3.05) is 11.9 Å². The largest absolute Gasteiger partial charge is 0.416 e. The third-order valence-electron chi connectivity index (χ3n) is 6.51. The molecule has 2 atom stereocenters. The van der Waals surface area contributed by atoms with Gasteiger partial charge in [0.05, 0.1) is 24.8 Å². The first-order valence-electron chi connectivity index (χ1n) is 12.3. The number of fused-ring (bicyclic) bond motifs is 1. The van der Waals surface area contributed by atoms with E-state index < -0.39 is 42.3 Å². The van der Waals surface area contributed by atoms with Crippen LogP contribution < -0.4 is 5.32 Å². The maximum absolute atomic E-state index is 13.5. The van der Waals surface area contributed by atoms with Gasteiger partial charge >= 0.3 is 6.18 Å². The number of rotatable bonds is 8. The smallest absolute Gasteiger partial charge is 0.394 e. The van der Waals surface area contributed by atoms with Crippen molar-refractivity contribution >= 4 is 17.6 Å². The van der Waals surface area contributed by atoms with E-state index in [1.807, 2.05) is 13.8 Å². The molecule has 2 aliphatic rings. The predicted molar refractivity (Wildman–Crippen MR) is 127 cm³/mol. The molecule has 1 aromatic heterocycles. The summed E-state index contributed by atoms with van der Waals surface area (Å²) >= 11 is 0. The highest BCUT2D eigenvalue weighted by Crippen LogP contribution is 2.39. The standard InChI is InChI=1S/C23H27F3N4O4.C2H6/c24-23(25,26)18-7-3-6-16-17(18)12-30(22(16)34)19(10-14-4-1-2-5-14)21(33)27-20-8-9-29(28-20)11-15(32)13-31;1-2/h3,6-9,14-15,19,31-32H,1-2,4-5,10-13H2,(H,27,28,33);1-2H3/t15?,19-;/m0./s1. The van der Waals surface area contributed by atoms with Crippen molar-refractivity contribution in [3.8, 4) is 0 Å². The molecule has 1 unspecified atom stereocenters. The molecule has 1 aliphatic heterocycles. The molecule has 198 valence electrons. The lowest BCUT2D eigenvalue weighted by Crippen LogP contribution is -2.45. The first-order chi connectivity index (χ1) is 17.2. The van der Waals surface area contributed by atoms with E-state index in [9.17, 15) is 27.9 Å². The number of carbonyl (C=O) groups is 2. The van der Waals surface area contributed by atoms with Gasteiger partial charge in [-0.25, -0.2) is 0 Å². The minimum atomic E-state index is -4.60. The highest BCUT2D eigenvalue weighted by Gasteiger charge is 2.43. The molecule has 2 aromatic rings. The minimum Gasteiger partial charge on any atom is -0.394 e. The van der Waals surface area contributed by atoms with Crippen molar-refractivity contribution in [2.24, 2.45) is 5.92 Å². The molecular formula is C25H33F3N4O4. The van der Waals surface area contributed by atoms with Crippen LogP contribution in [0.1, 0.15) is 67.4 Å². The highest BCUT2D eigenvalue weighted by molar-refractivity contribution is 6.03. The van der Waals surface area contributed by atoms with Crippen LogP contribution >= 0.6 is 0 Å². The van der Waals surface area contributed by atoms with Gasteiger partial charge in [0.25, 0.3) is 5.91 Å². The number of carbonyl (C=O) groups excluding carboxylic acids is 2. The highest BCUT2D eigenvalue weighted by atomic mass is 19.4. The van der Waals surface area contributed by atoms with E-state index in [0.717, 1.165) is 31.7 Å². The number of halogens is 3. The summed E-state index contributed by atoms with van der Waals surface area (Å²) in [6.07, 6.45) is 0.106. The van der Waals surface area contributed by atoms with Gasteiger partial charge in [0.2, 0.25) is 5.91 Å². The SMILES string of the molecule is CC.O=C(Nc1ccn(CC(O)CO)n1)[C@H](CC1CCCC1)N1Cc2c(cccc2C(F)(F)F)C1=O. The summed E-state index contributed by atoms with van der Waals surface area (Å²) in [5.74, 6) is -0.719. The Balaban J connectivity index is 0.00000176. The van der Waals surface area contributed by atoms with Crippen molar-refractivity contribution in [2.45, 2.75) is 77.4 Å². The van der Waals surface area contributed by atoms with Crippen LogP contribution in [0.4, 0.5) is 19.0 Å². The normalized spacial score (nSPS) is 17.4. The molecule has 1 aliphatic carbocycles. The molecule has 4 rings (SSSR count). The quantitative estimate of drug-likeness (QED) is 0.501. The van der Waals surface area contributed by atoms with Crippen LogP contribution in [0.5, 0.6) is 0 Å². The topological polar surface area (TPSA) is 108 Å². The van der Waals surface area contributed by atoms with Gasteiger partial charge in [0, 0.05) is 24.4 Å². The lowest BCUT2D eigenvalue weighted by atomic mass is 9.96. The Morgan fingerprint density at radius 2 is 1.92 bits per heavy atom. The number of aliphatic hydroxyl groups is 2. The van der Waals surface area contributed by atoms with E-state index in [1.165, 1.54) is 34.0 Å². The molecule has 1 fully saturated rings. The zero-order valence-electron chi connectivity index (χ0n) is 20.5. The van der Waals surface area contributed by atoms with Gasteiger partial charge in [-0.05, 0) is 30.0 Å². The fourth-order valence-electron chi connectivity index (χ4n) is 4.82. The van der Waals surface area contributed by atoms with Gasteiger partial charge in [-0.3, -0.25) is 14.3 Å². The Hall–Kier alpha value is -2.92. The second kappa shape index (κ2) is 11.9. The number of anilines is 1. The van der Waals surface area contributed by atoms with Crippen LogP contribution in [0.3, 0.4) is 0 Å². The lowest BCUT2D eigenvalue weighted by Gasteiger charge is -2.29. The van der Waals surface area contributed by atoms with Crippen molar-refractivity contribution in [3.63, 3.8) is 0 Å². The van der Waals surface area contributed by atoms with E-state index in [4.69, 9.17) is 5.11 Å². The molecule has 0 saturated heterocycles.